The van der Waals surface area contributed by atoms with Crippen LogP contribution in [-0.2, 0) is 0 Å². The van der Waals surface area contributed by atoms with Gasteiger partial charge in [-0.3, -0.25) is 0 Å². The van der Waals surface area contributed by atoms with E-state index in [2.05, 4.69) is 5.32 Å². The van der Waals surface area contributed by atoms with Gasteiger partial charge in [0.25, 0.3) is 0 Å². The molecular weight excluding hydrogens is 234 g/mol. The highest BCUT2D eigenvalue weighted by molar-refractivity contribution is 5.38. The fourth-order valence-corrected chi connectivity index (χ4v) is 1.68. The molecule has 0 amide bonds. The number of aryl methyl sites for hydroxylation is 1. The zero-order valence-corrected chi connectivity index (χ0v) is 10.8. The lowest BCUT2D eigenvalue weighted by molar-refractivity contribution is 0.0888. The van der Waals surface area contributed by atoms with Crippen LogP contribution in [0.15, 0.2) is 18.2 Å². The molecule has 2 unspecified atom stereocenters. The first-order chi connectivity index (χ1) is 8.58. The number of aliphatic hydroxyl groups excluding tert-OH is 3. The van der Waals surface area contributed by atoms with Crippen LogP contribution in [0.3, 0.4) is 0 Å². The number of hydrogen-bond donors (Lipinski definition) is 4. The van der Waals surface area contributed by atoms with Crippen molar-refractivity contribution in [3.8, 4) is 5.75 Å². The van der Waals surface area contributed by atoms with Gasteiger partial charge in [-0.05, 0) is 19.1 Å². The summed E-state index contributed by atoms with van der Waals surface area (Å²) in [6, 6.07) is 5.60. The number of nitrogens with one attached hydrogen (secondary N) is 1. The standard InChI is InChI=1S/C13H21NO4/c1-9-3-4-13(18-2)11(5-9)12(17)7-14-6-10(16)8-15/h3-5,10,12,14-17H,6-8H2,1-2H3. The Morgan fingerprint density at radius 3 is 2.61 bits per heavy atom. The van der Waals surface area contributed by atoms with E-state index < -0.39 is 12.2 Å². The quantitative estimate of drug-likeness (QED) is 0.550. The summed E-state index contributed by atoms with van der Waals surface area (Å²) in [7, 11) is 1.56. The topological polar surface area (TPSA) is 82.0 Å². The predicted molar refractivity (Wildman–Crippen MR) is 68.7 cm³/mol. The third-order valence-electron chi connectivity index (χ3n) is 2.67. The Morgan fingerprint density at radius 1 is 1.28 bits per heavy atom. The first kappa shape index (κ1) is 14.9. The van der Waals surface area contributed by atoms with Crippen LogP contribution in [0, 0.1) is 6.92 Å². The third kappa shape index (κ3) is 4.27. The lowest BCUT2D eigenvalue weighted by Gasteiger charge is -2.17. The maximum Gasteiger partial charge on any atom is 0.124 e. The molecule has 2 atom stereocenters. The van der Waals surface area contributed by atoms with Crippen LogP contribution < -0.4 is 10.1 Å². The van der Waals surface area contributed by atoms with Gasteiger partial charge in [-0.2, -0.15) is 0 Å². The van der Waals surface area contributed by atoms with Crippen molar-refractivity contribution in [3.63, 3.8) is 0 Å². The van der Waals surface area contributed by atoms with Crippen LogP contribution in [-0.4, -0.2) is 48.2 Å². The van der Waals surface area contributed by atoms with E-state index in [1.165, 1.54) is 0 Å². The lowest BCUT2D eigenvalue weighted by atomic mass is 10.1. The van der Waals surface area contributed by atoms with E-state index in [1.54, 1.807) is 7.11 Å². The molecule has 0 saturated heterocycles. The predicted octanol–water partition coefficient (Wildman–Crippen LogP) is -0.0202. The molecule has 5 nitrogen and oxygen atoms in total. The first-order valence-electron chi connectivity index (χ1n) is 5.90. The van der Waals surface area contributed by atoms with E-state index in [0.717, 1.165) is 5.56 Å². The molecule has 1 aromatic rings. The molecule has 0 fully saturated rings. The Labute approximate surface area is 107 Å². The van der Waals surface area contributed by atoms with Crippen LogP contribution in [0.2, 0.25) is 0 Å². The molecule has 102 valence electrons. The average molecular weight is 255 g/mol. The molecule has 18 heavy (non-hydrogen) atoms. The van der Waals surface area contributed by atoms with Gasteiger partial charge >= 0.3 is 0 Å². The molecule has 0 radical (unpaired) electrons. The fraction of sp³-hybridized carbons (Fsp3) is 0.538. The Hall–Kier alpha value is -1.14. The minimum absolute atomic E-state index is 0.238. The maximum absolute atomic E-state index is 10.1. The summed E-state index contributed by atoms with van der Waals surface area (Å²) < 4.78 is 5.19. The molecule has 0 aliphatic rings. The van der Waals surface area contributed by atoms with Gasteiger partial charge in [-0.25, -0.2) is 0 Å². The van der Waals surface area contributed by atoms with Gasteiger partial charge in [0.15, 0.2) is 0 Å². The highest BCUT2D eigenvalue weighted by Crippen LogP contribution is 2.25. The minimum atomic E-state index is -0.809. The lowest BCUT2D eigenvalue weighted by Crippen LogP contribution is -2.32. The third-order valence-corrected chi connectivity index (χ3v) is 2.67. The fourth-order valence-electron chi connectivity index (χ4n) is 1.68. The van der Waals surface area contributed by atoms with Gasteiger partial charge in [0.1, 0.15) is 5.75 Å². The van der Waals surface area contributed by atoms with Crippen molar-refractivity contribution in [3.05, 3.63) is 29.3 Å². The summed E-state index contributed by atoms with van der Waals surface area (Å²) >= 11 is 0. The summed E-state index contributed by atoms with van der Waals surface area (Å²) in [6.45, 7) is 2.17. The van der Waals surface area contributed by atoms with E-state index in [4.69, 9.17) is 14.9 Å². The van der Waals surface area contributed by atoms with Crippen LogP contribution >= 0.6 is 0 Å². The second-order valence-electron chi connectivity index (χ2n) is 4.26. The molecule has 0 aliphatic heterocycles. The number of benzene rings is 1. The molecule has 0 spiro atoms. The normalized spacial score (nSPS) is 14.3. The van der Waals surface area contributed by atoms with E-state index in [9.17, 15) is 5.11 Å². The van der Waals surface area contributed by atoms with E-state index in [-0.39, 0.29) is 19.7 Å². The Morgan fingerprint density at radius 2 is 2.00 bits per heavy atom. The summed E-state index contributed by atoms with van der Waals surface area (Å²) in [5, 5.41) is 30.8. The molecule has 5 heteroatoms. The molecule has 0 heterocycles. The van der Waals surface area contributed by atoms with Crippen molar-refractivity contribution in [2.75, 3.05) is 26.8 Å². The number of methoxy groups -OCH3 is 1. The Balaban J connectivity index is 2.60. The van der Waals surface area contributed by atoms with Crippen molar-refractivity contribution in [1.29, 1.82) is 0 Å². The molecular formula is C13H21NO4. The highest BCUT2D eigenvalue weighted by atomic mass is 16.5. The number of rotatable bonds is 7. The van der Waals surface area contributed by atoms with Gasteiger partial charge in [-0.15, -0.1) is 0 Å². The molecule has 0 aromatic heterocycles. The van der Waals surface area contributed by atoms with Gasteiger partial charge in [0.05, 0.1) is 25.9 Å². The van der Waals surface area contributed by atoms with Crippen LogP contribution in [0.25, 0.3) is 0 Å². The maximum atomic E-state index is 10.1. The smallest absolute Gasteiger partial charge is 0.124 e. The molecule has 0 aliphatic carbocycles. The molecule has 1 rings (SSSR count). The highest BCUT2D eigenvalue weighted by Gasteiger charge is 2.13. The summed E-state index contributed by atoms with van der Waals surface area (Å²) in [5.74, 6) is 0.637. The van der Waals surface area contributed by atoms with Crippen molar-refractivity contribution < 1.29 is 20.1 Å². The van der Waals surface area contributed by atoms with Crippen LogP contribution in [0.1, 0.15) is 17.2 Å². The first-order valence-corrected chi connectivity index (χ1v) is 5.90. The summed E-state index contributed by atoms with van der Waals surface area (Å²) in [4.78, 5) is 0. The Kier molecular flexibility index (Phi) is 6.07. The van der Waals surface area contributed by atoms with Crippen molar-refractivity contribution in [2.24, 2.45) is 0 Å². The average Bonchev–Trinajstić information content (AvgIpc) is 2.38. The number of ether oxygens (including phenoxy) is 1. The van der Waals surface area contributed by atoms with Gasteiger partial charge < -0.3 is 25.4 Å². The second-order valence-corrected chi connectivity index (χ2v) is 4.26. The zero-order chi connectivity index (χ0) is 13.5. The Bertz CT molecular complexity index is 370. The van der Waals surface area contributed by atoms with E-state index in [1.807, 2.05) is 25.1 Å². The summed E-state index contributed by atoms with van der Waals surface area (Å²) in [6.07, 6.45) is -1.53. The van der Waals surface area contributed by atoms with Gasteiger partial charge in [0.2, 0.25) is 0 Å². The van der Waals surface area contributed by atoms with E-state index >= 15 is 0 Å². The zero-order valence-electron chi connectivity index (χ0n) is 10.8. The minimum Gasteiger partial charge on any atom is -0.496 e. The molecule has 0 saturated carbocycles. The van der Waals surface area contributed by atoms with Gasteiger partial charge in [-0.1, -0.05) is 11.6 Å². The van der Waals surface area contributed by atoms with E-state index in [0.29, 0.717) is 11.3 Å². The van der Waals surface area contributed by atoms with Gasteiger partial charge in [0, 0.05) is 18.7 Å². The largest absolute Gasteiger partial charge is 0.496 e. The molecule has 4 N–H and O–H groups in total. The SMILES string of the molecule is COc1ccc(C)cc1C(O)CNCC(O)CO. The van der Waals surface area contributed by atoms with Crippen molar-refractivity contribution in [1.82, 2.24) is 5.32 Å². The summed E-state index contributed by atoms with van der Waals surface area (Å²) in [5.41, 5.74) is 1.75. The number of aliphatic hydroxyl groups is 3. The molecule has 0 bridgehead atoms. The van der Waals surface area contributed by atoms with Crippen LogP contribution in [0.5, 0.6) is 5.75 Å². The number of hydrogen-bond acceptors (Lipinski definition) is 5. The van der Waals surface area contributed by atoms with Crippen LogP contribution in [0.4, 0.5) is 0 Å². The van der Waals surface area contributed by atoms with Crippen molar-refractivity contribution in [2.45, 2.75) is 19.1 Å². The monoisotopic (exact) mass is 255 g/mol. The second kappa shape index (κ2) is 7.33. The molecule has 1 aromatic carbocycles. The van der Waals surface area contributed by atoms with Crippen molar-refractivity contribution >= 4 is 0 Å².